The molecule has 1 fully saturated rings. The Balaban J connectivity index is 1.84. The van der Waals surface area contributed by atoms with Gasteiger partial charge in [0.05, 0.1) is 6.61 Å². The standard InChI is InChI=1S/C19H25N5O2/c1-15(25)23-9-11-24(12-10-23)18-14-17(20-8-13-26-2)21-19(22-18)16-6-4-3-5-7-16/h3-7,14H,8-13H2,1-2H3,(H,20,21,22). The van der Waals surface area contributed by atoms with E-state index in [2.05, 4.69) is 15.2 Å². The quantitative estimate of drug-likeness (QED) is 0.798. The molecule has 26 heavy (non-hydrogen) atoms. The summed E-state index contributed by atoms with van der Waals surface area (Å²) >= 11 is 0. The van der Waals surface area contributed by atoms with Crippen molar-refractivity contribution < 1.29 is 9.53 Å². The van der Waals surface area contributed by atoms with Gasteiger partial charge in [-0.2, -0.15) is 0 Å². The summed E-state index contributed by atoms with van der Waals surface area (Å²) in [5.41, 5.74) is 0.978. The SMILES string of the molecule is COCCNc1cc(N2CCN(C(C)=O)CC2)nc(-c2ccccc2)n1. The number of hydrogen-bond donors (Lipinski definition) is 1. The average molecular weight is 355 g/mol. The molecule has 138 valence electrons. The number of nitrogens with zero attached hydrogens (tertiary/aromatic N) is 4. The Kier molecular flexibility index (Phi) is 6.01. The number of nitrogens with one attached hydrogen (secondary N) is 1. The summed E-state index contributed by atoms with van der Waals surface area (Å²) in [5.74, 6) is 2.47. The third-order valence-electron chi connectivity index (χ3n) is 4.41. The summed E-state index contributed by atoms with van der Waals surface area (Å²) in [6.07, 6.45) is 0. The highest BCUT2D eigenvalue weighted by molar-refractivity contribution is 5.73. The molecular formula is C19H25N5O2. The maximum absolute atomic E-state index is 11.5. The molecule has 1 aliphatic heterocycles. The van der Waals surface area contributed by atoms with Gasteiger partial charge in [0.25, 0.3) is 0 Å². The van der Waals surface area contributed by atoms with Crippen molar-refractivity contribution in [2.75, 3.05) is 56.7 Å². The molecule has 1 aromatic carbocycles. The molecule has 7 heteroatoms. The lowest BCUT2D eigenvalue weighted by atomic mass is 10.2. The van der Waals surface area contributed by atoms with Gasteiger partial charge < -0.3 is 19.9 Å². The average Bonchev–Trinajstić information content (AvgIpc) is 2.69. The second-order valence-electron chi connectivity index (χ2n) is 6.21. The minimum absolute atomic E-state index is 0.124. The first-order valence-electron chi connectivity index (χ1n) is 8.85. The number of carbonyl (C=O) groups is 1. The van der Waals surface area contributed by atoms with Crippen molar-refractivity contribution in [2.45, 2.75) is 6.92 Å². The van der Waals surface area contributed by atoms with E-state index in [4.69, 9.17) is 9.72 Å². The lowest BCUT2D eigenvalue weighted by molar-refractivity contribution is -0.129. The van der Waals surface area contributed by atoms with E-state index in [1.54, 1.807) is 14.0 Å². The predicted molar refractivity (Wildman–Crippen MR) is 102 cm³/mol. The highest BCUT2D eigenvalue weighted by Crippen LogP contribution is 2.23. The molecule has 1 aromatic heterocycles. The summed E-state index contributed by atoms with van der Waals surface area (Å²) in [4.78, 5) is 25.0. The molecule has 1 aliphatic rings. The van der Waals surface area contributed by atoms with Crippen molar-refractivity contribution >= 4 is 17.5 Å². The fourth-order valence-corrected chi connectivity index (χ4v) is 2.93. The lowest BCUT2D eigenvalue weighted by Gasteiger charge is -2.35. The van der Waals surface area contributed by atoms with Crippen LogP contribution in [0, 0.1) is 0 Å². The molecule has 1 amide bonds. The number of amides is 1. The third kappa shape index (κ3) is 4.49. The first kappa shape index (κ1) is 18.1. The maximum atomic E-state index is 11.5. The van der Waals surface area contributed by atoms with Crippen LogP contribution in [0.15, 0.2) is 36.4 Å². The topological polar surface area (TPSA) is 70.6 Å². The smallest absolute Gasteiger partial charge is 0.219 e. The molecule has 0 unspecified atom stereocenters. The van der Waals surface area contributed by atoms with Crippen molar-refractivity contribution in [3.63, 3.8) is 0 Å². The molecule has 0 bridgehead atoms. The van der Waals surface area contributed by atoms with E-state index in [1.807, 2.05) is 41.3 Å². The van der Waals surface area contributed by atoms with Crippen LogP contribution < -0.4 is 10.2 Å². The Morgan fingerprint density at radius 1 is 1.15 bits per heavy atom. The molecule has 2 heterocycles. The van der Waals surface area contributed by atoms with E-state index in [-0.39, 0.29) is 5.91 Å². The van der Waals surface area contributed by atoms with Crippen molar-refractivity contribution in [1.29, 1.82) is 0 Å². The molecule has 7 nitrogen and oxygen atoms in total. The van der Waals surface area contributed by atoms with Gasteiger partial charge in [0.1, 0.15) is 11.6 Å². The zero-order valence-electron chi connectivity index (χ0n) is 15.3. The number of piperazine rings is 1. The van der Waals surface area contributed by atoms with Gasteiger partial charge >= 0.3 is 0 Å². The summed E-state index contributed by atoms with van der Waals surface area (Å²) in [6.45, 7) is 5.87. The van der Waals surface area contributed by atoms with E-state index >= 15 is 0 Å². The number of ether oxygens (including phenoxy) is 1. The van der Waals surface area contributed by atoms with E-state index in [1.165, 1.54) is 0 Å². The third-order valence-corrected chi connectivity index (χ3v) is 4.41. The molecule has 0 atom stereocenters. The van der Waals surface area contributed by atoms with Gasteiger partial charge in [-0.3, -0.25) is 4.79 Å². The Morgan fingerprint density at radius 3 is 2.54 bits per heavy atom. The Labute approximate surface area is 154 Å². The zero-order valence-corrected chi connectivity index (χ0v) is 15.3. The molecule has 0 radical (unpaired) electrons. The number of carbonyl (C=O) groups excluding carboxylic acids is 1. The highest BCUT2D eigenvalue weighted by atomic mass is 16.5. The molecule has 2 aromatic rings. The number of benzene rings is 1. The normalized spacial score (nSPS) is 14.4. The summed E-state index contributed by atoms with van der Waals surface area (Å²) < 4.78 is 5.11. The van der Waals surface area contributed by atoms with Crippen LogP contribution in [0.3, 0.4) is 0 Å². The van der Waals surface area contributed by atoms with E-state index in [0.29, 0.717) is 32.1 Å². The first-order chi connectivity index (χ1) is 12.7. The lowest BCUT2D eigenvalue weighted by Crippen LogP contribution is -2.48. The van der Waals surface area contributed by atoms with Gasteiger partial charge in [0, 0.05) is 58.4 Å². The Bertz CT molecular complexity index is 730. The van der Waals surface area contributed by atoms with Crippen LogP contribution in [-0.4, -0.2) is 67.2 Å². The van der Waals surface area contributed by atoms with E-state index in [0.717, 1.165) is 30.3 Å². The van der Waals surface area contributed by atoms with Gasteiger partial charge in [-0.25, -0.2) is 9.97 Å². The highest BCUT2D eigenvalue weighted by Gasteiger charge is 2.20. The molecule has 0 saturated carbocycles. The second kappa shape index (κ2) is 8.62. The van der Waals surface area contributed by atoms with Crippen LogP contribution >= 0.6 is 0 Å². The fraction of sp³-hybridized carbons (Fsp3) is 0.421. The van der Waals surface area contributed by atoms with E-state index in [9.17, 15) is 4.79 Å². The molecule has 0 spiro atoms. The zero-order chi connectivity index (χ0) is 18.4. The monoisotopic (exact) mass is 355 g/mol. The van der Waals surface area contributed by atoms with Crippen molar-refractivity contribution in [3.8, 4) is 11.4 Å². The summed E-state index contributed by atoms with van der Waals surface area (Å²) in [5, 5.41) is 3.29. The molecule has 0 aliphatic carbocycles. The van der Waals surface area contributed by atoms with Crippen LogP contribution in [0.1, 0.15) is 6.92 Å². The first-order valence-corrected chi connectivity index (χ1v) is 8.85. The number of hydrogen-bond acceptors (Lipinski definition) is 6. The number of aromatic nitrogens is 2. The minimum Gasteiger partial charge on any atom is -0.383 e. The van der Waals surface area contributed by atoms with Gasteiger partial charge in [-0.15, -0.1) is 0 Å². The van der Waals surface area contributed by atoms with Crippen LogP contribution in [0.4, 0.5) is 11.6 Å². The van der Waals surface area contributed by atoms with Crippen LogP contribution in [-0.2, 0) is 9.53 Å². The fourth-order valence-electron chi connectivity index (χ4n) is 2.93. The van der Waals surface area contributed by atoms with Crippen molar-refractivity contribution in [1.82, 2.24) is 14.9 Å². The molecular weight excluding hydrogens is 330 g/mol. The van der Waals surface area contributed by atoms with Crippen LogP contribution in [0.5, 0.6) is 0 Å². The van der Waals surface area contributed by atoms with Gasteiger partial charge in [0.15, 0.2) is 5.82 Å². The number of rotatable bonds is 6. The maximum Gasteiger partial charge on any atom is 0.219 e. The summed E-state index contributed by atoms with van der Waals surface area (Å²) in [6, 6.07) is 11.9. The molecule has 1 saturated heterocycles. The van der Waals surface area contributed by atoms with Gasteiger partial charge in [0.2, 0.25) is 5.91 Å². The minimum atomic E-state index is 0.124. The Morgan fingerprint density at radius 2 is 1.88 bits per heavy atom. The molecule has 3 rings (SSSR count). The van der Waals surface area contributed by atoms with Crippen molar-refractivity contribution in [3.05, 3.63) is 36.4 Å². The van der Waals surface area contributed by atoms with Gasteiger partial charge in [-0.05, 0) is 0 Å². The van der Waals surface area contributed by atoms with E-state index < -0.39 is 0 Å². The van der Waals surface area contributed by atoms with Gasteiger partial charge in [-0.1, -0.05) is 30.3 Å². The number of anilines is 2. The predicted octanol–water partition coefficient (Wildman–Crippen LogP) is 1.87. The Hall–Kier alpha value is -2.67. The molecule has 1 N–H and O–H groups in total. The van der Waals surface area contributed by atoms with Crippen molar-refractivity contribution in [2.24, 2.45) is 0 Å². The van der Waals surface area contributed by atoms with Crippen LogP contribution in [0.2, 0.25) is 0 Å². The summed E-state index contributed by atoms with van der Waals surface area (Å²) in [7, 11) is 1.68. The largest absolute Gasteiger partial charge is 0.383 e. The second-order valence-corrected chi connectivity index (χ2v) is 6.21. The van der Waals surface area contributed by atoms with Crippen LogP contribution in [0.25, 0.3) is 11.4 Å². The number of methoxy groups -OCH3 is 1.